The molecule has 19 heavy (non-hydrogen) atoms. The van der Waals surface area contributed by atoms with Crippen LogP contribution in [-0.4, -0.2) is 32.3 Å². The van der Waals surface area contributed by atoms with Crippen molar-refractivity contribution in [3.63, 3.8) is 0 Å². The zero-order chi connectivity index (χ0) is 14.3. The number of thioether (sulfide) groups is 1. The molecule has 0 bridgehead atoms. The van der Waals surface area contributed by atoms with Gasteiger partial charge < -0.3 is 0 Å². The number of aryl methyl sites for hydroxylation is 1. The third-order valence-corrected chi connectivity index (χ3v) is 5.57. The van der Waals surface area contributed by atoms with Crippen molar-refractivity contribution in [3.05, 3.63) is 29.8 Å². The standard InChI is InChI=1S/C13H20ClNO2S2/c1-11(18-2)8-10-15-19(16,17)13-5-3-12(4-6-13)7-9-14/h3-6,11,15H,7-10H2,1-2H3. The zero-order valence-electron chi connectivity index (χ0n) is 11.2. The second-order valence-electron chi connectivity index (χ2n) is 4.32. The molecule has 0 amide bonds. The maximum atomic E-state index is 12.0. The van der Waals surface area contributed by atoms with E-state index in [1.807, 2.05) is 18.4 Å². The van der Waals surface area contributed by atoms with Gasteiger partial charge in [0.05, 0.1) is 4.90 Å². The van der Waals surface area contributed by atoms with Crippen molar-refractivity contribution in [2.45, 2.75) is 29.9 Å². The number of benzene rings is 1. The SMILES string of the molecule is CSC(C)CCNS(=O)(=O)c1ccc(CCCl)cc1. The van der Waals surface area contributed by atoms with Gasteiger partial charge in [-0.25, -0.2) is 13.1 Å². The first-order valence-electron chi connectivity index (χ1n) is 6.17. The Balaban J connectivity index is 2.61. The second kappa shape index (κ2) is 8.15. The smallest absolute Gasteiger partial charge is 0.211 e. The summed E-state index contributed by atoms with van der Waals surface area (Å²) in [5.41, 5.74) is 1.05. The van der Waals surface area contributed by atoms with Gasteiger partial charge in [-0.05, 0) is 36.8 Å². The molecule has 108 valence electrons. The first kappa shape index (κ1) is 16.8. The highest BCUT2D eigenvalue weighted by Gasteiger charge is 2.13. The van der Waals surface area contributed by atoms with Crippen LogP contribution in [0, 0.1) is 0 Å². The number of alkyl halides is 1. The second-order valence-corrected chi connectivity index (χ2v) is 7.74. The lowest BCUT2D eigenvalue weighted by atomic mass is 10.2. The third-order valence-electron chi connectivity index (χ3n) is 2.86. The van der Waals surface area contributed by atoms with Crippen LogP contribution in [0.3, 0.4) is 0 Å². The van der Waals surface area contributed by atoms with Crippen LogP contribution < -0.4 is 4.72 Å². The predicted octanol–water partition coefficient (Wildman–Crippen LogP) is 2.89. The van der Waals surface area contributed by atoms with Crippen molar-refractivity contribution < 1.29 is 8.42 Å². The topological polar surface area (TPSA) is 46.2 Å². The zero-order valence-corrected chi connectivity index (χ0v) is 13.6. The van der Waals surface area contributed by atoms with E-state index in [9.17, 15) is 8.42 Å². The molecule has 0 aliphatic rings. The van der Waals surface area contributed by atoms with Crippen molar-refractivity contribution in [1.82, 2.24) is 4.72 Å². The molecule has 1 aromatic carbocycles. The number of hydrogen-bond acceptors (Lipinski definition) is 3. The first-order chi connectivity index (χ1) is 8.99. The fraction of sp³-hybridized carbons (Fsp3) is 0.538. The van der Waals surface area contributed by atoms with Crippen LogP contribution in [0.1, 0.15) is 18.9 Å². The van der Waals surface area contributed by atoms with E-state index in [1.54, 1.807) is 23.9 Å². The van der Waals surface area contributed by atoms with Crippen molar-refractivity contribution in [3.8, 4) is 0 Å². The maximum Gasteiger partial charge on any atom is 0.240 e. The summed E-state index contributed by atoms with van der Waals surface area (Å²) >= 11 is 7.38. The van der Waals surface area contributed by atoms with E-state index in [0.717, 1.165) is 18.4 Å². The summed E-state index contributed by atoms with van der Waals surface area (Å²) in [6.45, 7) is 2.55. The van der Waals surface area contributed by atoms with Gasteiger partial charge in [-0.1, -0.05) is 19.1 Å². The summed E-state index contributed by atoms with van der Waals surface area (Å²) in [7, 11) is -3.39. The Morgan fingerprint density at radius 3 is 2.47 bits per heavy atom. The number of halogens is 1. The fourth-order valence-corrected chi connectivity index (χ4v) is 3.16. The van der Waals surface area contributed by atoms with Gasteiger partial charge in [-0.3, -0.25) is 0 Å². The number of hydrogen-bond donors (Lipinski definition) is 1. The molecule has 0 aliphatic heterocycles. The average molecular weight is 322 g/mol. The van der Waals surface area contributed by atoms with Crippen molar-refractivity contribution in [2.24, 2.45) is 0 Å². The normalized spacial score (nSPS) is 13.4. The van der Waals surface area contributed by atoms with Crippen LogP contribution >= 0.6 is 23.4 Å². The van der Waals surface area contributed by atoms with Gasteiger partial charge in [0.1, 0.15) is 0 Å². The van der Waals surface area contributed by atoms with E-state index in [1.165, 1.54) is 0 Å². The van der Waals surface area contributed by atoms with Crippen LogP contribution in [0.25, 0.3) is 0 Å². The minimum absolute atomic E-state index is 0.308. The Bertz CT molecular complexity index is 474. The number of rotatable bonds is 8. The molecule has 0 heterocycles. The first-order valence-corrected chi connectivity index (χ1v) is 9.47. The summed E-state index contributed by atoms with van der Waals surface area (Å²) in [6.07, 6.45) is 3.60. The number of nitrogens with one attached hydrogen (secondary N) is 1. The van der Waals surface area contributed by atoms with Gasteiger partial charge in [0.25, 0.3) is 0 Å². The van der Waals surface area contributed by atoms with Gasteiger partial charge in [-0.15, -0.1) is 11.6 Å². The van der Waals surface area contributed by atoms with E-state index in [-0.39, 0.29) is 0 Å². The minimum Gasteiger partial charge on any atom is -0.211 e. The molecule has 1 atom stereocenters. The van der Waals surface area contributed by atoms with E-state index in [4.69, 9.17) is 11.6 Å². The molecule has 1 N–H and O–H groups in total. The quantitative estimate of drug-likeness (QED) is 0.749. The van der Waals surface area contributed by atoms with Gasteiger partial charge in [0, 0.05) is 17.7 Å². The highest BCUT2D eigenvalue weighted by molar-refractivity contribution is 7.99. The van der Waals surface area contributed by atoms with Gasteiger partial charge in [0.15, 0.2) is 0 Å². The molecule has 1 aromatic rings. The highest BCUT2D eigenvalue weighted by Crippen LogP contribution is 2.13. The molecule has 3 nitrogen and oxygen atoms in total. The molecule has 0 saturated carbocycles. The van der Waals surface area contributed by atoms with Gasteiger partial charge in [0.2, 0.25) is 10.0 Å². The lowest BCUT2D eigenvalue weighted by Crippen LogP contribution is -2.26. The summed E-state index contributed by atoms with van der Waals surface area (Å²) in [5, 5.41) is 0.453. The molecule has 0 radical (unpaired) electrons. The fourth-order valence-electron chi connectivity index (χ4n) is 1.54. The molecule has 0 saturated heterocycles. The largest absolute Gasteiger partial charge is 0.240 e. The van der Waals surface area contributed by atoms with Crippen LogP contribution in [0.4, 0.5) is 0 Å². The molecule has 0 aromatic heterocycles. The van der Waals surface area contributed by atoms with E-state index in [0.29, 0.717) is 22.6 Å². The lowest BCUT2D eigenvalue weighted by Gasteiger charge is -2.10. The Hall–Kier alpha value is -0.230. The minimum atomic E-state index is -3.39. The molecule has 0 spiro atoms. The summed E-state index contributed by atoms with van der Waals surface area (Å²) in [4.78, 5) is 0.308. The lowest BCUT2D eigenvalue weighted by molar-refractivity contribution is 0.579. The summed E-state index contributed by atoms with van der Waals surface area (Å²) in [5.74, 6) is 0.539. The Morgan fingerprint density at radius 2 is 1.95 bits per heavy atom. The molecule has 1 rings (SSSR count). The maximum absolute atomic E-state index is 12.0. The van der Waals surface area contributed by atoms with E-state index < -0.39 is 10.0 Å². The molecule has 6 heteroatoms. The van der Waals surface area contributed by atoms with E-state index in [2.05, 4.69) is 11.6 Å². The number of sulfonamides is 1. The molecule has 0 aliphatic carbocycles. The van der Waals surface area contributed by atoms with Crippen LogP contribution in [0.5, 0.6) is 0 Å². The van der Waals surface area contributed by atoms with Crippen molar-refractivity contribution in [2.75, 3.05) is 18.7 Å². The monoisotopic (exact) mass is 321 g/mol. The van der Waals surface area contributed by atoms with Crippen molar-refractivity contribution >= 4 is 33.4 Å². The summed E-state index contributed by atoms with van der Waals surface area (Å²) < 4.78 is 26.7. The van der Waals surface area contributed by atoms with Gasteiger partial charge >= 0.3 is 0 Å². The Labute approximate surface area is 125 Å². The molecule has 0 fully saturated rings. The van der Waals surface area contributed by atoms with Crippen LogP contribution in [0.2, 0.25) is 0 Å². The molecule has 1 unspecified atom stereocenters. The average Bonchev–Trinajstić information content (AvgIpc) is 2.39. The third kappa shape index (κ3) is 5.73. The predicted molar refractivity (Wildman–Crippen MR) is 83.6 cm³/mol. The van der Waals surface area contributed by atoms with E-state index >= 15 is 0 Å². The van der Waals surface area contributed by atoms with Crippen molar-refractivity contribution in [1.29, 1.82) is 0 Å². The molecular formula is C13H20ClNO2S2. The van der Waals surface area contributed by atoms with Gasteiger partial charge in [-0.2, -0.15) is 11.8 Å². The summed E-state index contributed by atoms with van der Waals surface area (Å²) in [6, 6.07) is 6.87. The Kier molecular flexibility index (Phi) is 7.21. The Morgan fingerprint density at radius 1 is 1.32 bits per heavy atom. The van der Waals surface area contributed by atoms with Crippen LogP contribution in [-0.2, 0) is 16.4 Å². The highest BCUT2D eigenvalue weighted by atomic mass is 35.5. The molecular weight excluding hydrogens is 302 g/mol. The van der Waals surface area contributed by atoms with Crippen LogP contribution in [0.15, 0.2) is 29.2 Å².